The lowest BCUT2D eigenvalue weighted by Gasteiger charge is -2.41. The Labute approximate surface area is 227 Å². The Hall–Kier alpha value is -4.80. The zero-order chi connectivity index (χ0) is 28.3. The third-order valence-electron chi connectivity index (χ3n) is 7.48. The number of benzene rings is 4. The minimum atomic E-state index is -1.34. The van der Waals surface area contributed by atoms with Crippen molar-refractivity contribution in [1.82, 2.24) is 0 Å². The molecule has 0 spiro atoms. The van der Waals surface area contributed by atoms with Crippen LogP contribution in [0.1, 0.15) is 45.9 Å². The fourth-order valence-corrected chi connectivity index (χ4v) is 5.54. The molecule has 0 fully saturated rings. The quantitative estimate of drug-likeness (QED) is 0.177. The van der Waals surface area contributed by atoms with E-state index in [0.29, 0.717) is 33.8 Å². The summed E-state index contributed by atoms with van der Waals surface area (Å²) in [7, 11) is 0. The van der Waals surface area contributed by atoms with Gasteiger partial charge in [0, 0.05) is 29.5 Å². The highest BCUT2D eigenvalue weighted by atomic mass is 16.5. The number of aliphatic hydroxyl groups excluding tert-OH is 2. The topological polar surface area (TPSA) is 180 Å². The first-order valence-electron chi connectivity index (χ1n) is 12.5. The van der Waals surface area contributed by atoms with Gasteiger partial charge in [-0.15, -0.1) is 0 Å². The van der Waals surface area contributed by atoms with Crippen molar-refractivity contribution in [2.75, 3.05) is 0 Å². The summed E-state index contributed by atoms with van der Waals surface area (Å²) in [5.74, 6) is -2.23. The van der Waals surface area contributed by atoms with Crippen LogP contribution in [0.5, 0.6) is 46.0 Å². The number of ether oxygens (including phenoxy) is 2. The summed E-state index contributed by atoms with van der Waals surface area (Å²) in [6.07, 6.45) is -4.16. The first kappa shape index (κ1) is 25.5. The summed E-state index contributed by atoms with van der Waals surface area (Å²) < 4.78 is 12.5. The summed E-state index contributed by atoms with van der Waals surface area (Å²) in [5.41, 5.74) is 2.05. The molecule has 6 rings (SSSR count). The lowest BCUT2D eigenvalue weighted by atomic mass is 9.77. The molecule has 2 heterocycles. The van der Waals surface area contributed by atoms with E-state index >= 15 is 0 Å². The molecule has 2 aliphatic rings. The zero-order valence-electron chi connectivity index (χ0n) is 20.8. The van der Waals surface area contributed by atoms with Crippen LogP contribution >= 0.6 is 0 Å². The minimum absolute atomic E-state index is 0.161. The second kappa shape index (κ2) is 9.44. The molecule has 206 valence electrons. The molecule has 0 bridgehead atoms. The van der Waals surface area contributed by atoms with Crippen LogP contribution in [0.4, 0.5) is 0 Å². The monoisotopic (exact) mass is 546 g/mol. The average Bonchev–Trinajstić information content (AvgIpc) is 2.92. The van der Waals surface area contributed by atoms with Gasteiger partial charge in [0.2, 0.25) is 0 Å². The molecule has 0 aromatic heterocycles. The second-order valence-electron chi connectivity index (χ2n) is 10.0. The van der Waals surface area contributed by atoms with Crippen molar-refractivity contribution in [2.24, 2.45) is 0 Å². The van der Waals surface area contributed by atoms with Gasteiger partial charge >= 0.3 is 0 Å². The average molecular weight is 547 g/mol. The zero-order valence-corrected chi connectivity index (χ0v) is 20.8. The lowest BCUT2D eigenvalue weighted by molar-refractivity contribution is -0.00180. The Kier molecular flexibility index (Phi) is 6.01. The Morgan fingerprint density at radius 2 is 1.25 bits per heavy atom. The molecule has 0 saturated carbocycles. The molecular formula is C30H26O10. The van der Waals surface area contributed by atoms with Crippen molar-refractivity contribution in [1.29, 1.82) is 0 Å². The molecule has 0 aliphatic carbocycles. The minimum Gasteiger partial charge on any atom is -0.508 e. The number of hydrogen-bond acceptors (Lipinski definition) is 10. The smallest absolute Gasteiger partial charge is 0.157 e. The van der Waals surface area contributed by atoms with Gasteiger partial charge < -0.3 is 50.3 Å². The van der Waals surface area contributed by atoms with E-state index in [2.05, 4.69) is 0 Å². The molecule has 10 nitrogen and oxygen atoms in total. The Bertz CT molecular complexity index is 1620. The molecule has 0 saturated heterocycles. The highest BCUT2D eigenvalue weighted by molar-refractivity contribution is 5.61. The van der Waals surface area contributed by atoms with Crippen molar-refractivity contribution in [3.63, 3.8) is 0 Å². The Morgan fingerprint density at radius 1 is 0.600 bits per heavy atom. The van der Waals surface area contributed by atoms with E-state index < -0.39 is 36.1 Å². The van der Waals surface area contributed by atoms with Gasteiger partial charge in [-0.3, -0.25) is 0 Å². The maximum Gasteiger partial charge on any atom is 0.157 e. The number of phenolic OH excluding ortho intramolecular Hbond substituents is 6. The van der Waals surface area contributed by atoms with Gasteiger partial charge in [-0.25, -0.2) is 0 Å². The van der Waals surface area contributed by atoms with Gasteiger partial charge in [0.1, 0.15) is 35.2 Å². The van der Waals surface area contributed by atoms with Gasteiger partial charge in [0.15, 0.2) is 29.1 Å². The van der Waals surface area contributed by atoms with Crippen LogP contribution in [0.2, 0.25) is 0 Å². The van der Waals surface area contributed by atoms with E-state index in [4.69, 9.17) is 9.47 Å². The molecule has 5 atom stereocenters. The van der Waals surface area contributed by atoms with Crippen molar-refractivity contribution < 1.29 is 50.3 Å². The number of aliphatic hydroxyl groups is 2. The first-order chi connectivity index (χ1) is 19.1. The maximum absolute atomic E-state index is 11.7. The summed E-state index contributed by atoms with van der Waals surface area (Å²) in [6.45, 7) is 0. The van der Waals surface area contributed by atoms with E-state index in [1.165, 1.54) is 48.5 Å². The van der Waals surface area contributed by atoms with Crippen LogP contribution in [0.15, 0.2) is 66.7 Å². The predicted molar refractivity (Wildman–Crippen MR) is 140 cm³/mol. The van der Waals surface area contributed by atoms with E-state index in [1.54, 1.807) is 12.1 Å². The molecule has 8 N–H and O–H groups in total. The van der Waals surface area contributed by atoms with Crippen molar-refractivity contribution in [3.8, 4) is 46.0 Å². The van der Waals surface area contributed by atoms with Crippen molar-refractivity contribution in [3.05, 3.63) is 94.5 Å². The number of fused-ring (bicyclic) bond motifs is 3. The van der Waals surface area contributed by atoms with E-state index in [-0.39, 0.29) is 40.7 Å². The lowest BCUT2D eigenvalue weighted by Crippen LogP contribution is -2.37. The van der Waals surface area contributed by atoms with Gasteiger partial charge in [-0.05, 0) is 53.1 Å². The third kappa shape index (κ3) is 4.14. The van der Waals surface area contributed by atoms with E-state index in [0.717, 1.165) is 6.07 Å². The number of rotatable bonds is 3. The molecule has 0 unspecified atom stereocenters. The van der Waals surface area contributed by atoms with Gasteiger partial charge in [0.05, 0.1) is 6.10 Å². The summed E-state index contributed by atoms with van der Waals surface area (Å²) in [6, 6.07) is 15.6. The molecule has 0 amide bonds. The van der Waals surface area contributed by atoms with Crippen molar-refractivity contribution in [2.45, 2.75) is 36.8 Å². The summed E-state index contributed by atoms with van der Waals surface area (Å²) in [5, 5.41) is 83.1. The van der Waals surface area contributed by atoms with Crippen LogP contribution in [-0.4, -0.2) is 53.1 Å². The standard InChI is InChI=1S/C30H26O10/c31-16-4-5-17(20(34)12-16)25-26-24(39-30(27(25)38)15-2-7-19(33)22(36)10-15)8-3-14-11-23(37)28(40-29(14)26)13-1-6-18(32)21(35)9-13/h1-10,12,23,25,27-28,30-38H,11H2/t23-,25-,27+,28-,30-/m0/s1. The highest BCUT2D eigenvalue weighted by Crippen LogP contribution is 2.54. The normalized spacial score (nSPS) is 23.4. The summed E-state index contributed by atoms with van der Waals surface area (Å²) >= 11 is 0. The molecule has 4 aromatic rings. The fourth-order valence-electron chi connectivity index (χ4n) is 5.54. The second-order valence-corrected chi connectivity index (χ2v) is 10.0. The predicted octanol–water partition coefficient (Wildman–Crippen LogP) is 3.58. The van der Waals surface area contributed by atoms with Crippen LogP contribution in [0.3, 0.4) is 0 Å². The Balaban J connectivity index is 1.52. The molecule has 4 aromatic carbocycles. The van der Waals surface area contributed by atoms with Gasteiger partial charge in [0.25, 0.3) is 0 Å². The van der Waals surface area contributed by atoms with Gasteiger partial charge in [-0.2, -0.15) is 0 Å². The van der Waals surface area contributed by atoms with E-state index in [9.17, 15) is 40.9 Å². The van der Waals surface area contributed by atoms with Crippen LogP contribution in [0.25, 0.3) is 0 Å². The maximum atomic E-state index is 11.7. The van der Waals surface area contributed by atoms with E-state index in [1.807, 2.05) is 0 Å². The molecule has 2 aliphatic heterocycles. The van der Waals surface area contributed by atoms with Gasteiger partial charge in [-0.1, -0.05) is 24.3 Å². The molecule has 0 radical (unpaired) electrons. The molecule has 40 heavy (non-hydrogen) atoms. The SMILES string of the molecule is Oc1ccc([C@H]2c3c(ccc4c3O[C@@H](c3ccc(O)c(O)c3)[C@@H](O)C4)O[C@@H](c3ccc(O)c(O)c3)[C@@H]2O)c(O)c1. The Morgan fingerprint density at radius 3 is 1.88 bits per heavy atom. The number of phenols is 6. The van der Waals surface area contributed by atoms with Crippen LogP contribution in [-0.2, 0) is 6.42 Å². The van der Waals surface area contributed by atoms with Crippen LogP contribution < -0.4 is 9.47 Å². The number of hydrogen-bond donors (Lipinski definition) is 8. The largest absolute Gasteiger partial charge is 0.508 e. The van der Waals surface area contributed by atoms with Crippen molar-refractivity contribution >= 4 is 0 Å². The summed E-state index contributed by atoms with van der Waals surface area (Å²) in [4.78, 5) is 0. The number of aromatic hydroxyl groups is 6. The molecule has 10 heteroatoms. The highest BCUT2D eigenvalue weighted by Gasteiger charge is 2.45. The third-order valence-corrected chi connectivity index (χ3v) is 7.48. The first-order valence-corrected chi connectivity index (χ1v) is 12.5. The van der Waals surface area contributed by atoms with Crippen LogP contribution in [0, 0.1) is 0 Å². The molecular weight excluding hydrogens is 520 g/mol. The fraction of sp³-hybridized carbons (Fsp3) is 0.200.